The van der Waals surface area contributed by atoms with Gasteiger partial charge in [0.1, 0.15) is 17.5 Å². The van der Waals surface area contributed by atoms with Crippen LogP contribution in [-0.4, -0.2) is 46.2 Å². The molecule has 0 spiro atoms. The van der Waals surface area contributed by atoms with Crippen LogP contribution >= 0.6 is 0 Å². The predicted molar refractivity (Wildman–Crippen MR) is 129 cm³/mol. The fraction of sp³-hybridized carbons (Fsp3) is 0.360. The number of aromatic nitrogens is 2. The van der Waals surface area contributed by atoms with Crippen LogP contribution in [0.25, 0.3) is 0 Å². The summed E-state index contributed by atoms with van der Waals surface area (Å²) in [6, 6.07) is 3.43. The Bertz CT molecular complexity index is 1110. The van der Waals surface area contributed by atoms with Crippen LogP contribution in [-0.2, 0) is 5.41 Å². The third-order valence-corrected chi connectivity index (χ3v) is 6.14. The van der Waals surface area contributed by atoms with Crippen LogP contribution in [0.2, 0.25) is 0 Å². The van der Waals surface area contributed by atoms with Gasteiger partial charge in [0.2, 0.25) is 0 Å². The SMILES string of the molecule is C=C(CC)C(=N/C=C\C)N1CCC(CNC(=O)c2nccnc2N)(c2cc(F)ccc2F)CC1. The molecule has 0 aliphatic carbocycles. The predicted octanol–water partition coefficient (Wildman–Crippen LogP) is 4.00. The van der Waals surface area contributed by atoms with E-state index in [1.807, 2.05) is 19.9 Å². The van der Waals surface area contributed by atoms with Gasteiger partial charge in [-0.3, -0.25) is 4.79 Å². The molecule has 1 aromatic heterocycles. The monoisotopic (exact) mass is 468 g/mol. The zero-order valence-electron chi connectivity index (χ0n) is 19.5. The molecular formula is C25H30F2N6O. The Hall–Kier alpha value is -3.62. The van der Waals surface area contributed by atoms with Gasteiger partial charge >= 0.3 is 0 Å². The third-order valence-electron chi connectivity index (χ3n) is 6.14. The van der Waals surface area contributed by atoms with Gasteiger partial charge in [-0.2, -0.15) is 0 Å². The first-order valence-corrected chi connectivity index (χ1v) is 11.2. The maximum Gasteiger partial charge on any atom is 0.273 e. The molecule has 0 atom stereocenters. The fourth-order valence-electron chi connectivity index (χ4n) is 4.15. The number of allylic oxidation sites excluding steroid dienone is 1. The topological polar surface area (TPSA) is 96.5 Å². The van der Waals surface area contributed by atoms with E-state index < -0.39 is 23.0 Å². The van der Waals surface area contributed by atoms with E-state index >= 15 is 0 Å². The van der Waals surface area contributed by atoms with Crippen molar-refractivity contribution < 1.29 is 13.6 Å². The number of piperidine rings is 1. The number of halogens is 2. The summed E-state index contributed by atoms with van der Waals surface area (Å²) in [4.78, 5) is 27.3. The van der Waals surface area contributed by atoms with Crippen LogP contribution in [0, 0.1) is 11.6 Å². The summed E-state index contributed by atoms with van der Waals surface area (Å²) in [5.41, 5.74) is 6.08. The second-order valence-electron chi connectivity index (χ2n) is 8.26. The summed E-state index contributed by atoms with van der Waals surface area (Å²) in [5.74, 6) is -0.769. The average molecular weight is 469 g/mol. The normalized spacial score (nSPS) is 16.0. The zero-order chi connectivity index (χ0) is 24.7. The van der Waals surface area contributed by atoms with E-state index in [0.29, 0.717) is 25.9 Å². The third kappa shape index (κ3) is 5.47. The number of nitrogens with two attached hydrogens (primary N) is 1. The van der Waals surface area contributed by atoms with Crippen molar-refractivity contribution in [2.45, 2.75) is 38.5 Å². The van der Waals surface area contributed by atoms with Gasteiger partial charge in [0.05, 0.1) is 0 Å². The van der Waals surface area contributed by atoms with Gasteiger partial charge in [0.15, 0.2) is 11.5 Å². The average Bonchev–Trinajstić information content (AvgIpc) is 2.85. The maximum absolute atomic E-state index is 14.9. The number of amidine groups is 1. The van der Waals surface area contributed by atoms with Crippen LogP contribution in [0.5, 0.6) is 0 Å². The second kappa shape index (κ2) is 11.0. The Balaban J connectivity index is 1.89. The van der Waals surface area contributed by atoms with Crippen LogP contribution < -0.4 is 11.1 Å². The number of rotatable bonds is 7. The van der Waals surface area contributed by atoms with Gasteiger partial charge in [0, 0.05) is 43.6 Å². The van der Waals surface area contributed by atoms with E-state index in [1.54, 1.807) is 6.20 Å². The van der Waals surface area contributed by atoms with Gasteiger partial charge in [-0.1, -0.05) is 19.6 Å². The van der Waals surface area contributed by atoms with Crippen molar-refractivity contribution in [3.05, 3.63) is 77.9 Å². The summed E-state index contributed by atoms with van der Waals surface area (Å²) in [6.07, 6.45) is 8.00. The second-order valence-corrected chi connectivity index (χ2v) is 8.26. The van der Waals surface area contributed by atoms with Crippen LogP contribution in [0.15, 0.2) is 60.0 Å². The van der Waals surface area contributed by atoms with Crippen molar-refractivity contribution in [2.24, 2.45) is 4.99 Å². The summed E-state index contributed by atoms with van der Waals surface area (Å²) in [7, 11) is 0. The molecule has 1 fully saturated rings. The van der Waals surface area contributed by atoms with Gasteiger partial charge in [-0.05, 0) is 55.5 Å². The number of carbonyl (C=O) groups excluding carboxylic acids is 1. The summed E-state index contributed by atoms with van der Waals surface area (Å²) in [5, 5.41) is 2.82. The number of aliphatic imine (C=N–C) groups is 1. The minimum Gasteiger partial charge on any atom is -0.382 e. The molecule has 1 saturated heterocycles. The Morgan fingerprint density at radius 1 is 1.29 bits per heavy atom. The fourth-order valence-corrected chi connectivity index (χ4v) is 4.15. The highest BCUT2D eigenvalue weighted by molar-refractivity contribution is 5.98. The molecule has 1 amide bonds. The molecule has 0 saturated carbocycles. The summed E-state index contributed by atoms with van der Waals surface area (Å²) in [6.45, 7) is 9.18. The van der Waals surface area contributed by atoms with Crippen molar-refractivity contribution in [1.29, 1.82) is 0 Å². The molecular weight excluding hydrogens is 438 g/mol. The summed E-state index contributed by atoms with van der Waals surface area (Å²) < 4.78 is 29.1. The molecule has 2 aromatic rings. The number of nitrogen functional groups attached to an aromatic ring is 1. The molecule has 0 radical (unpaired) electrons. The van der Waals surface area contributed by atoms with Crippen molar-refractivity contribution in [3.8, 4) is 0 Å². The van der Waals surface area contributed by atoms with Crippen molar-refractivity contribution in [3.63, 3.8) is 0 Å². The van der Waals surface area contributed by atoms with Gasteiger partial charge in [-0.25, -0.2) is 23.7 Å². The Morgan fingerprint density at radius 3 is 2.65 bits per heavy atom. The Kier molecular flexibility index (Phi) is 8.09. The van der Waals surface area contributed by atoms with Crippen molar-refractivity contribution >= 4 is 17.6 Å². The van der Waals surface area contributed by atoms with Crippen molar-refractivity contribution in [1.82, 2.24) is 20.2 Å². The lowest BCUT2D eigenvalue weighted by Gasteiger charge is -2.43. The molecule has 0 bridgehead atoms. The molecule has 9 heteroatoms. The minimum atomic E-state index is -0.825. The lowest BCUT2D eigenvalue weighted by molar-refractivity contribution is 0.0927. The quantitative estimate of drug-likeness (QED) is 0.473. The van der Waals surface area contributed by atoms with E-state index in [1.165, 1.54) is 18.5 Å². The van der Waals surface area contributed by atoms with Gasteiger partial charge in [0.25, 0.3) is 5.91 Å². The Morgan fingerprint density at radius 2 is 2.00 bits per heavy atom. The first kappa shape index (κ1) is 25.0. The van der Waals surface area contributed by atoms with E-state index in [4.69, 9.17) is 5.73 Å². The molecule has 1 aliphatic heterocycles. The highest BCUT2D eigenvalue weighted by atomic mass is 19.1. The number of hydrogen-bond acceptors (Lipinski definition) is 5. The van der Waals surface area contributed by atoms with E-state index in [9.17, 15) is 13.6 Å². The standard InChI is InChI=1S/C25H30F2N6O/c1-4-10-31-23(17(3)5-2)33-13-8-25(9-14-33,19-15-18(26)6-7-20(19)27)16-32-24(34)21-22(28)30-12-11-29-21/h4,6-7,10-12,15H,3,5,8-9,13-14,16H2,1-2H3,(H2,28,30)(H,32,34)/b10-4-,31-23?. The number of nitrogens with zero attached hydrogens (tertiary/aromatic N) is 4. The lowest BCUT2D eigenvalue weighted by atomic mass is 9.72. The number of likely N-dealkylation sites (tertiary alicyclic amines) is 1. The highest BCUT2D eigenvalue weighted by Gasteiger charge is 2.40. The number of benzene rings is 1. The first-order valence-electron chi connectivity index (χ1n) is 11.2. The molecule has 3 rings (SSSR count). The van der Waals surface area contributed by atoms with Crippen LogP contribution in [0.3, 0.4) is 0 Å². The van der Waals surface area contributed by atoms with E-state index in [0.717, 1.165) is 30.0 Å². The molecule has 7 nitrogen and oxygen atoms in total. The minimum absolute atomic E-state index is 0.00344. The zero-order valence-corrected chi connectivity index (χ0v) is 19.5. The number of hydrogen-bond donors (Lipinski definition) is 2. The number of amides is 1. The molecule has 180 valence electrons. The highest BCUT2D eigenvalue weighted by Crippen LogP contribution is 2.37. The van der Waals surface area contributed by atoms with Crippen LogP contribution in [0.4, 0.5) is 14.6 Å². The molecule has 1 aliphatic rings. The smallest absolute Gasteiger partial charge is 0.273 e. The van der Waals surface area contributed by atoms with E-state index in [2.05, 4.69) is 31.8 Å². The van der Waals surface area contributed by atoms with Crippen LogP contribution in [0.1, 0.15) is 49.2 Å². The van der Waals surface area contributed by atoms with Gasteiger partial charge < -0.3 is 16.0 Å². The van der Waals surface area contributed by atoms with Gasteiger partial charge in [-0.15, -0.1) is 0 Å². The first-order chi connectivity index (χ1) is 16.3. The number of carbonyl (C=O) groups is 1. The largest absolute Gasteiger partial charge is 0.382 e. The maximum atomic E-state index is 14.9. The molecule has 1 aromatic carbocycles. The molecule has 34 heavy (non-hydrogen) atoms. The summed E-state index contributed by atoms with van der Waals surface area (Å²) >= 11 is 0. The molecule has 0 unspecified atom stereocenters. The number of anilines is 1. The van der Waals surface area contributed by atoms with E-state index in [-0.39, 0.29) is 23.6 Å². The van der Waals surface area contributed by atoms with Crippen molar-refractivity contribution in [2.75, 3.05) is 25.4 Å². The lowest BCUT2D eigenvalue weighted by Crippen LogP contribution is -2.51. The molecule has 3 N–H and O–H groups in total. The molecule has 2 heterocycles. The Labute approximate surface area is 198 Å². The number of nitrogens with one attached hydrogen (secondary N) is 1.